The van der Waals surface area contributed by atoms with Gasteiger partial charge >= 0.3 is 0 Å². The molecule has 0 saturated carbocycles. The zero-order valence-corrected chi connectivity index (χ0v) is 21.2. The van der Waals surface area contributed by atoms with E-state index >= 15 is 4.39 Å². The number of nitrogens with zero attached hydrogens (tertiary/aromatic N) is 2. The predicted octanol–water partition coefficient (Wildman–Crippen LogP) is 5.47. The van der Waals surface area contributed by atoms with Gasteiger partial charge in [-0.3, -0.25) is 19.9 Å². The molecule has 194 valence electrons. The second-order valence-electron chi connectivity index (χ2n) is 9.22. The number of halogens is 3. The Balaban J connectivity index is 1.44. The summed E-state index contributed by atoms with van der Waals surface area (Å²) in [7, 11) is 1.53. The van der Waals surface area contributed by atoms with Crippen LogP contribution < -0.4 is 10.2 Å². The van der Waals surface area contributed by atoms with Crippen LogP contribution in [0.2, 0.25) is 5.02 Å². The van der Waals surface area contributed by atoms with Crippen LogP contribution in [0.3, 0.4) is 0 Å². The largest absolute Gasteiger partial charge is 0.497 e. The molecule has 1 unspecified atom stereocenters. The average Bonchev–Trinajstić information content (AvgIpc) is 2.92. The molecule has 1 aromatic heterocycles. The number of amides is 1. The number of alkyl halides is 1. The van der Waals surface area contributed by atoms with E-state index in [0.717, 1.165) is 5.56 Å². The third-order valence-electron chi connectivity index (χ3n) is 7.03. The summed E-state index contributed by atoms with van der Waals surface area (Å²) in [5.41, 5.74) is 2.52. The van der Waals surface area contributed by atoms with Gasteiger partial charge in [-0.1, -0.05) is 23.4 Å². The van der Waals surface area contributed by atoms with E-state index in [4.69, 9.17) is 16.3 Å². The van der Waals surface area contributed by atoms with Crippen LogP contribution in [0.4, 0.5) is 8.78 Å². The van der Waals surface area contributed by atoms with Crippen LogP contribution >= 0.6 is 11.6 Å². The molecule has 1 fully saturated rings. The van der Waals surface area contributed by atoms with E-state index in [9.17, 15) is 14.4 Å². The zero-order chi connectivity index (χ0) is 26.4. The zero-order valence-electron chi connectivity index (χ0n) is 20.4. The Morgan fingerprint density at radius 3 is 2.68 bits per heavy atom. The highest BCUT2D eigenvalue weighted by atomic mass is 35.5. The molecule has 0 aliphatic carbocycles. The van der Waals surface area contributed by atoms with Gasteiger partial charge in [0.15, 0.2) is 0 Å². The van der Waals surface area contributed by atoms with Gasteiger partial charge < -0.3 is 4.74 Å². The fraction of sp³-hybridized carbons (Fsp3) is 0.357. The molecule has 37 heavy (non-hydrogen) atoms. The molecule has 1 atom stereocenters. The van der Waals surface area contributed by atoms with Gasteiger partial charge in [0, 0.05) is 35.8 Å². The van der Waals surface area contributed by atoms with Crippen LogP contribution in [0.25, 0.3) is 10.9 Å². The summed E-state index contributed by atoms with van der Waals surface area (Å²) in [6.45, 7) is 1.62. The maximum Gasteiger partial charge on any atom is 0.249 e. The highest BCUT2D eigenvalue weighted by Gasteiger charge is 2.41. The number of carbonyl (C=O) groups excluding carboxylic acids is 1. The Bertz CT molecular complexity index is 1320. The number of hydrogen-bond donors (Lipinski definition) is 2. The van der Waals surface area contributed by atoms with E-state index in [1.165, 1.54) is 25.4 Å². The van der Waals surface area contributed by atoms with Gasteiger partial charge in [0.1, 0.15) is 17.7 Å². The van der Waals surface area contributed by atoms with Crippen molar-refractivity contribution in [3.8, 4) is 17.6 Å². The first-order valence-corrected chi connectivity index (χ1v) is 12.4. The van der Waals surface area contributed by atoms with Gasteiger partial charge in [0.05, 0.1) is 29.6 Å². The molecule has 2 N–H and O–H groups in total. The Kier molecular flexibility index (Phi) is 8.59. The minimum atomic E-state index is -1.44. The molecule has 1 aliphatic rings. The standard InChI is InChI=1S/C28H28ClF2N3O3/c1-37-21-8-9-25-22(17-21)26(23(29)18-32-25)24(31)10-11-28(27(35)33-36)12-15-34(16-13-28)14-2-3-19-4-6-20(30)7-5-19/h4-9,17-18,24,36H,10-16H2,1H3,(H,33,35). The van der Waals surface area contributed by atoms with Gasteiger partial charge in [-0.2, -0.15) is 0 Å². The summed E-state index contributed by atoms with van der Waals surface area (Å²) < 4.78 is 34.0. The second-order valence-corrected chi connectivity index (χ2v) is 9.62. The monoisotopic (exact) mass is 527 g/mol. The quantitative estimate of drug-likeness (QED) is 0.242. The van der Waals surface area contributed by atoms with Crippen molar-refractivity contribution >= 4 is 28.4 Å². The Morgan fingerprint density at radius 1 is 1.27 bits per heavy atom. The first-order chi connectivity index (χ1) is 17.8. The van der Waals surface area contributed by atoms with Crippen molar-refractivity contribution in [1.29, 1.82) is 0 Å². The molecular weight excluding hydrogens is 500 g/mol. The minimum absolute atomic E-state index is 0.0494. The molecule has 0 radical (unpaired) electrons. The smallest absolute Gasteiger partial charge is 0.249 e. The number of likely N-dealkylation sites (tertiary alicyclic amines) is 1. The van der Waals surface area contributed by atoms with Gasteiger partial charge in [-0.05, 0) is 68.1 Å². The van der Waals surface area contributed by atoms with Crippen molar-refractivity contribution in [2.45, 2.75) is 31.9 Å². The van der Waals surface area contributed by atoms with Crippen LogP contribution in [0, 0.1) is 23.1 Å². The van der Waals surface area contributed by atoms with E-state index in [0.29, 0.717) is 54.7 Å². The fourth-order valence-corrected chi connectivity index (χ4v) is 5.06. The van der Waals surface area contributed by atoms with Crippen LogP contribution in [-0.2, 0) is 4.79 Å². The first kappa shape index (κ1) is 26.8. The number of carbonyl (C=O) groups is 1. The molecule has 3 aromatic rings. The molecular formula is C28H28ClF2N3O3. The lowest BCUT2D eigenvalue weighted by Gasteiger charge is -2.40. The molecule has 0 spiro atoms. The molecule has 1 saturated heterocycles. The third kappa shape index (κ3) is 6.19. The number of hydrogen-bond acceptors (Lipinski definition) is 5. The number of hydroxylamine groups is 1. The molecule has 1 amide bonds. The molecule has 2 heterocycles. The summed E-state index contributed by atoms with van der Waals surface area (Å²) in [6, 6.07) is 11.2. The summed E-state index contributed by atoms with van der Waals surface area (Å²) in [6.07, 6.45) is 1.17. The van der Waals surface area contributed by atoms with E-state index in [1.807, 2.05) is 0 Å². The van der Waals surface area contributed by atoms with Gasteiger partial charge in [-0.25, -0.2) is 14.3 Å². The van der Waals surface area contributed by atoms with Gasteiger partial charge in [0.2, 0.25) is 5.91 Å². The van der Waals surface area contributed by atoms with Crippen LogP contribution in [0.1, 0.15) is 43.0 Å². The number of aromatic nitrogens is 1. The first-order valence-electron chi connectivity index (χ1n) is 12.0. The average molecular weight is 528 g/mol. The Labute approximate surface area is 219 Å². The van der Waals surface area contributed by atoms with Crippen molar-refractivity contribution < 1.29 is 23.5 Å². The van der Waals surface area contributed by atoms with Crippen molar-refractivity contribution in [3.63, 3.8) is 0 Å². The topological polar surface area (TPSA) is 74.7 Å². The van der Waals surface area contributed by atoms with Crippen LogP contribution in [0.5, 0.6) is 5.75 Å². The van der Waals surface area contributed by atoms with Crippen LogP contribution in [0.15, 0.2) is 48.7 Å². The van der Waals surface area contributed by atoms with Crippen molar-refractivity contribution in [3.05, 3.63) is 70.6 Å². The van der Waals surface area contributed by atoms with E-state index in [2.05, 4.69) is 21.7 Å². The number of pyridine rings is 1. The van der Waals surface area contributed by atoms with E-state index < -0.39 is 17.5 Å². The van der Waals surface area contributed by atoms with Crippen LogP contribution in [-0.4, -0.2) is 47.7 Å². The lowest BCUT2D eigenvalue weighted by atomic mass is 9.73. The number of ether oxygens (including phenoxy) is 1. The number of methoxy groups -OCH3 is 1. The molecule has 6 nitrogen and oxygen atoms in total. The third-order valence-corrected chi connectivity index (χ3v) is 7.33. The summed E-state index contributed by atoms with van der Waals surface area (Å²) in [5.74, 6) is 5.83. The summed E-state index contributed by atoms with van der Waals surface area (Å²) in [5, 5.41) is 10.2. The van der Waals surface area contributed by atoms with Crippen molar-refractivity contribution in [2.75, 3.05) is 26.7 Å². The number of fused-ring (bicyclic) bond motifs is 1. The minimum Gasteiger partial charge on any atom is -0.497 e. The maximum absolute atomic E-state index is 15.7. The number of piperidine rings is 1. The molecule has 9 heteroatoms. The predicted molar refractivity (Wildman–Crippen MR) is 138 cm³/mol. The molecule has 4 rings (SSSR count). The Hall–Kier alpha value is -3.25. The molecule has 0 bridgehead atoms. The SMILES string of the molecule is COc1ccc2ncc(Cl)c(C(F)CCC3(C(=O)NO)CCN(CC#Cc4ccc(F)cc4)CC3)c2c1. The van der Waals surface area contributed by atoms with E-state index in [-0.39, 0.29) is 23.7 Å². The highest BCUT2D eigenvalue weighted by Crippen LogP contribution is 2.42. The van der Waals surface area contributed by atoms with Crippen molar-refractivity contribution in [2.24, 2.45) is 5.41 Å². The van der Waals surface area contributed by atoms with Gasteiger partial charge in [0.25, 0.3) is 0 Å². The normalized spacial score (nSPS) is 16.0. The molecule has 2 aromatic carbocycles. The maximum atomic E-state index is 15.7. The second kappa shape index (κ2) is 11.9. The molecule has 1 aliphatic heterocycles. The lowest BCUT2D eigenvalue weighted by molar-refractivity contribution is -0.143. The van der Waals surface area contributed by atoms with Crippen molar-refractivity contribution in [1.82, 2.24) is 15.4 Å². The highest BCUT2D eigenvalue weighted by molar-refractivity contribution is 6.32. The Morgan fingerprint density at radius 2 is 2.00 bits per heavy atom. The fourth-order valence-electron chi connectivity index (χ4n) is 4.80. The number of nitrogens with one attached hydrogen (secondary N) is 1. The number of benzene rings is 2. The summed E-state index contributed by atoms with van der Waals surface area (Å²) in [4.78, 5) is 19.1. The lowest BCUT2D eigenvalue weighted by Crippen LogP contribution is -2.48. The number of rotatable bonds is 7. The van der Waals surface area contributed by atoms with E-state index in [1.54, 1.807) is 35.8 Å². The summed E-state index contributed by atoms with van der Waals surface area (Å²) >= 11 is 6.36. The van der Waals surface area contributed by atoms with Gasteiger partial charge in [-0.15, -0.1) is 0 Å².